The summed E-state index contributed by atoms with van der Waals surface area (Å²) in [6.45, 7) is 9.88. The molecule has 0 aliphatic carbocycles. The third-order valence-electron chi connectivity index (χ3n) is 4.40. The molecule has 0 radical (unpaired) electrons. The molecule has 0 bridgehead atoms. The topological polar surface area (TPSA) is 59.8 Å². The number of hydrogen-bond donors (Lipinski definition) is 2. The standard InChI is InChI=1S/C16H27N3O2/c1-12-5-6-14(20-4)13(11-12)15(18-17)16(2,3)19-7-9-21-10-8-19/h5-6,11,15,18H,7-10,17H2,1-4H3. The summed E-state index contributed by atoms with van der Waals surface area (Å²) in [5.74, 6) is 6.77. The van der Waals surface area contributed by atoms with Gasteiger partial charge in [-0.2, -0.15) is 0 Å². The number of nitrogens with two attached hydrogens (primary N) is 1. The number of nitrogens with one attached hydrogen (secondary N) is 1. The highest BCUT2D eigenvalue weighted by Gasteiger charge is 2.38. The van der Waals surface area contributed by atoms with Crippen LogP contribution < -0.4 is 16.0 Å². The predicted octanol–water partition coefficient (Wildman–Crippen LogP) is 1.62. The number of methoxy groups -OCH3 is 1. The molecule has 1 saturated heterocycles. The molecule has 0 spiro atoms. The maximum Gasteiger partial charge on any atom is 0.123 e. The lowest BCUT2D eigenvalue weighted by Gasteiger charge is -2.45. The van der Waals surface area contributed by atoms with E-state index < -0.39 is 0 Å². The van der Waals surface area contributed by atoms with Gasteiger partial charge < -0.3 is 9.47 Å². The molecule has 2 rings (SSSR count). The van der Waals surface area contributed by atoms with E-state index in [2.05, 4.69) is 43.2 Å². The molecule has 1 fully saturated rings. The molecule has 5 nitrogen and oxygen atoms in total. The second-order valence-electron chi connectivity index (χ2n) is 6.10. The van der Waals surface area contributed by atoms with E-state index in [9.17, 15) is 0 Å². The largest absolute Gasteiger partial charge is 0.496 e. The quantitative estimate of drug-likeness (QED) is 0.638. The van der Waals surface area contributed by atoms with Crippen molar-refractivity contribution in [3.05, 3.63) is 29.3 Å². The fourth-order valence-corrected chi connectivity index (χ4v) is 3.08. The predicted molar refractivity (Wildman–Crippen MR) is 84.3 cm³/mol. The van der Waals surface area contributed by atoms with Gasteiger partial charge in [0.05, 0.1) is 26.4 Å². The van der Waals surface area contributed by atoms with Gasteiger partial charge in [-0.05, 0) is 26.8 Å². The van der Waals surface area contributed by atoms with Crippen LogP contribution in [0.4, 0.5) is 0 Å². The van der Waals surface area contributed by atoms with Gasteiger partial charge in [0.2, 0.25) is 0 Å². The normalized spacial score (nSPS) is 18.5. The van der Waals surface area contributed by atoms with Crippen molar-refractivity contribution in [2.75, 3.05) is 33.4 Å². The van der Waals surface area contributed by atoms with Gasteiger partial charge in [0.25, 0.3) is 0 Å². The van der Waals surface area contributed by atoms with E-state index in [0.717, 1.165) is 37.6 Å². The average molecular weight is 293 g/mol. The first-order chi connectivity index (χ1) is 10.0. The van der Waals surface area contributed by atoms with Crippen molar-refractivity contribution in [2.24, 2.45) is 5.84 Å². The Hall–Kier alpha value is -1.14. The third kappa shape index (κ3) is 3.37. The number of aryl methyl sites for hydroxylation is 1. The Morgan fingerprint density at radius 2 is 2.00 bits per heavy atom. The molecule has 3 N–H and O–H groups in total. The van der Waals surface area contributed by atoms with Crippen molar-refractivity contribution in [2.45, 2.75) is 32.4 Å². The Morgan fingerprint density at radius 3 is 2.57 bits per heavy atom. The third-order valence-corrected chi connectivity index (χ3v) is 4.40. The highest BCUT2D eigenvalue weighted by atomic mass is 16.5. The van der Waals surface area contributed by atoms with Crippen molar-refractivity contribution in [1.29, 1.82) is 0 Å². The Kier molecular flexibility index (Phi) is 5.22. The zero-order chi connectivity index (χ0) is 15.5. The molecule has 118 valence electrons. The fraction of sp³-hybridized carbons (Fsp3) is 0.625. The maximum atomic E-state index is 5.91. The van der Waals surface area contributed by atoms with Gasteiger partial charge in [-0.3, -0.25) is 16.2 Å². The summed E-state index contributed by atoms with van der Waals surface area (Å²) in [5.41, 5.74) is 5.15. The molecular formula is C16H27N3O2. The van der Waals surface area contributed by atoms with E-state index >= 15 is 0 Å². The summed E-state index contributed by atoms with van der Waals surface area (Å²) in [4.78, 5) is 2.42. The minimum Gasteiger partial charge on any atom is -0.496 e. The Balaban J connectivity index is 2.35. The number of rotatable bonds is 5. The number of benzene rings is 1. The van der Waals surface area contributed by atoms with Crippen molar-refractivity contribution in [3.63, 3.8) is 0 Å². The van der Waals surface area contributed by atoms with E-state index in [0.29, 0.717) is 0 Å². The van der Waals surface area contributed by atoms with E-state index in [1.54, 1.807) is 7.11 Å². The molecule has 1 atom stereocenters. The van der Waals surface area contributed by atoms with Crippen LogP contribution in [0.1, 0.15) is 31.0 Å². The Morgan fingerprint density at radius 1 is 1.33 bits per heavy atom. The monoisotopic (exact) mass is 293 g/mol. The van der Waals surface area contributed by atoms with E-state index in [4.69, 9.17) is 15.3 Å². The van der Waals surface area contributed by atoms with E-state index in [1.807, 2.05) is 6.07 Å². The summed E-state index contributed by atoms with van der Waals surface area (Å²) in [6.07, 6.45) is 0. The van der Waals surface area contributed by atoms with Crippen LogP contribution in [-0.2, 0) is 4.74 Å². The molecular weight excluding hydrogens is 266 g/mol. The van der Waals surface area contributed by atoms with Crippen molar-refractivity contribution in [1.82, 2.24) is 10.3 Å². The number of morpholine rings is 1. The van der Waals surface area contributed by atoms with Crippen LogP contribution >= 0.6 is 0 Å². The van der Waals surface area contributed by atoms with Crippen molar-refractivity contribution >= 4 is 0 Å². The zero-order valence-corrected chi connectivity index (χ0v) is 13.5. The smallest absolute Gasteiger partial charge is 0.123 e. The summed E-state index contributed by atoms with van der Waals surface area (Å²) in [7, 11) is 1.70. The molecule has 1 unspecified atom stereocenters. The molecule has 1 aromatic rings. The van der Waals surface area contributed by atoms with Crippen LogP contribution in [0.2, 0.25) is 0 Å². The molecule has 0 amide bonds. The van der Waals surface area contributed by atoms with Crippen LogP contribution in [-0.4, -0.2) is 43.9 Å². The number of ether oxygens (including phenoxy) is 2. The SMILES string of the molecule is COc1ccc(C)cc1C(NN)C(C)(C)N1CCOCC1. The van der Waals surface area contributed by atoms with Gasteiger partial charge in [0, 0.05) is 24.2 Å². The number of hydrazine groups is 1. The van der Waals surface area contributed by atoms with Gasteiger partial charge in [-0.1, -0.05) is 17.7 Å². The summed E-state index contributed by atoms with van der Waals surface area (Å²) in [6, 6.07) is 6.18. The first-order valence-corrected chi connectivity index (χ1v) is 7.44. The molecule has 0 aromatic heterocycles. The highest BCUT2D eigenvalue weighted by molar-refractivity contribution is 5.40. The summed E-state index contributed by atoms with van der Waals surface area (Å²) in [5, 5.41) is 0. The average Bonchev–Trinajstić information content (AvgIpc) is 2.49. The first kappa shape index (κ1) is 16.2. The molecule has 1 heterocycles. The Labute approximate surface area is 127 Å². The lowest BCUT2D eigenvalue weighted by Crippen LogP contribution is -2.57. The van der Waals surface area contributed by atoms with E-state index in [-0.39, 0.29) is 11.6 Å². The highest BCUT2D eigenvalue weighted by Crippen LogP contribution is 2.36. The molecule has 21 heavy (non-hydrogen) atoms. The van der Waals surface area contributed by atoms with Gasteiger partial charge in [-0.15, -0.1) is 0 Å². The van der Waals surface area contributed by atoms with Gasteiger partial charge in [-0.25, -0.2) is 0 Å². The van der Waals surface area contributed by atoms with E-state index in [1.165, 1.54) is 5.56 Å². The van der Waals surface area contributed by atoms with Gasteiger partial charge in [0.1, 0.15) is 5.75 Å². The second-order valence-corrected chi connectivity index (χ2v) is 6.10. The fourth-order valence-electron chi connectivity index (χ4n) is 3.08. The van der Waals surface area contributed by atoms with Crippen LogP contribution in [0.25, 0.3) is 0 Å². The van der Waals surface area contributed by atoms with Crippen LogP contribution in [0.15, 0.2) is 18.2 Å². The maximum absolute atomic E-state index is 5.91. The minimum absolute atomic E-state index is 0.0227. The zero-order valence-electron chi connectivity index (χ0n) is 13.5. The molecule has 0 saturated carbocycles. The first-order valence-electron chi connectivity index (χ1n) is 7.44. The second kappa shape index (κ2) is 6.75. The minimum atomic E-state index is -0.139. The molecule has 1 aromatic carbocycles. The summed E-state index contributed by atoms with van der Waals surface area (Å²) < 4.78 is 11.0. The molecule has 1 aliphatic rings. The lowest BCUT2D eigenvalue weighted by molar-refractivity contribution is -0.0241. The molecule has 1 aliphatic heterocycles. The van der Waals surface area contributed by atoms with Gasteiger partial charge in [0.15, 0.2) is 0 Å². The van der Waals surface area contributed by atoms with Crippen molar-refractivity contribution in [3.8, 4) is 5.75 Å². The summed E-state index contributed by atoms with van der Waals surface area (Å²) >= 11 is 0. The molecule has 5 heteroatoms. The van der Waals surface area contributed by atoms with Crippen molar-refractivity contribution < 1.29 is 9.47 Å². The number of nitrogens with zero attached hydrogens (tertiary/aromatic N) is 1. The Bertz CT molecular complexity index is 471. The number of hydrogen-bond acceptors (Lipinski definition) is 5. The van der Waals surface area contributed by atoms with Crippen LogP contribution in [0.3, 0.4) is 0 Å². The van der Waals surface area contributed by atoms with Crippen LogP contribution in [0.5, 0.6) is 5.75 Å². The van der Waals surface area contributed by atoms with Gasteiger partial charge >= 0.3 is 0 Å². The van der Waals surface area contributed by atoms with Crippen LogP contribution in [0, 0.1) is 6.92 Å². The lowest BCUT2D eigenvalue weighted by atomic mass is 9.86.